The van der Waals surface area contributed by atoms with Crippen LogP contribution in [0.5, 0.6) is 0 Å². The molecule has 4 nitrogen and oxygen atoms in total. The Hall–Kier alpha value is -2.00. The Morgan fingerprint density at radius 1 is 1.10 bits per heavy atom. The number of benzene rings is 2. The maximum Gasteiger partial charge on any atom is 0.196 e. The third-order valence-corrected chi connectivity index (χ3v) is 3.35. The summed E-state index contributed by atoms with van der Waals surface area (Å²) in [5.41, 5.74) is 9.85. The Labute approximate surface area is 125 Å². The number of carbonyl (C=O) groups is 1. The standard InChI is InChI=1S/C14H9Cl2N3O/c15-11-2-1-3-12(16)13(11)14(20)10-6-4-9(5-7-10)8-18-19-17/h1-7H,8H2. The fraction of sp³-hybridized carbons (Fsp3) is 0.0714. The summed E-state index contributed by atoms with van der Waals surface area (Å²) in [4.78, 5) is 15.0. The van der Waals surface area contributed by atoms with E-state index < -0.39 is 0 Å². The number of ketones is 1. The molecule has 0 radical (unpaired) electrons. The Morgan fingerprint density at radius 2 is 1.70 bits per heavy atom. The van der Waals surface area contributed by atoms with Gasteiger partial charge in [-0.3, -0.25) is 4.79 Å². The summed E-state index contributed by atoms with van der Waals surface area (Å²) in [7, 11) is 0. The average Bonchev–Trinajstić information content (AvgIpc) is 2.45. The number of nitrogens with zero attached hydrogens (tertiary/aromatic N) is 3. The summed E-state index contributed by atoms with van der Waals surface area (Å²) < 4.78 is 0. The van der Waals surface area contributed by atoms with Gasteiger partial charge in [0.2, 0.25) is 0 Å². The van der Waals surface area contributed by atoms with Crippen LogP contribution in [0.3, 0.4) is 0 Å². The fourth-order valence-electron chi connectivity index (χ4n) is 1.73. The first-order chi connectivity index (χ1) is 9.63. The van der Waals surface area contributed by atoms with Crippen molar-refractivity contribution in [2.75, 3.05) is 0 Å². The van der Waals surface area contributed by atoms with Crippen LogP contribution in [0.25, 0.3) is 10.4 Å². The molecule has 0 heterocycles. The van der Waals surface area contributed by atoms with Crippen LogP contribution in [0, 0.1) is 0 Å². The molecule has 6 heteroatoms. The quantitative estimate of drug-likeness (QED) is 0.338. The second-order valence-corrected chi connectivity index (χ2v) is 4.83. The van der Waals surface area contributed by atoms with Gasteiger partial charge < -0.3 is 0 Å². The summed E-state index contributed by atoms with van der Waals surface area (Å²) in [5, 5.41) is 4.10. The summed E-state index contributed by atoms with van der Waals surface area (Å²) in [6.07, 6.45) is 0. The highest BCUT2D eigenvalue weighted by molar-refractivity contribution is 6.41. The second-order valence-electron chi connectivity index (χ2n) is 4.01. The Bertz CT molecular complexity index is 672. The molecule has 0 bridgehead atoms. The molecule has 0 aliphatic rings. The Morgan fingerprint density at radius 3 is 2.25 bits per heavy atom. The summed E-state index contributed by atoms with van der Waals surface area (Å²) in [6, 6.07) is 11.7. The van der Waals surface area contributed by atoms with Crippen LogP contribution in [-0.2, 0) is 6.54 Å². The van der Waals surface area contributed by atoms with Crippen molar-refractivity contribution in [1.29, 1.82) is 0 Å². The van der Waals surface area contributed by atoms with Gasteiger partial charge in [0, 0.05) is 10.5 Å². The molecule has 0 spiro atoms. The van der Waals surface area contributed by atoms with E-state index in [0.29, 0.717) is 21.2 Å². The maximum absolute atomic E-state index is 12.4. The van der Waals surface area contributed by atoms with Crippen molar-refractivity contribution < 1.29 is 4.79 Å². The zero-order valence-electron chi connectivity index (χ0n) is 10.3. The molecule has 0 amide bonds. The minimum absolute atomic E-state index is 0.240. The summed E-state index contributed by atoms with van der Waals surface area (Å²) >= 11 is 12.0. The van der Waals surface area contributed by atoms with Gasteiger partial charge in [-0.2, -0.15) is 0 Å². The first-order valence-corrected chi connectivity index (χ1v) is 6.47. The molecule has 2 rings (SSSR count). The average molecular weight is 306 g/mol. The van der Waals surface area contributed by atoms with Crippen molar-refractivity contribution >= 4 is 29.0 Å². The number of rotatable bonds is 4. The molecule has 0 fully saturated rings. The lowest BCUT2D eigenvalue weighted by Crippen LogP contribution is -2.03. The monoisotopic (exact) mass is 305 g/mol. The van der Waals surface area contributed by atoms with Gasteiger partial charge in [0.15, 0.2) is 5.78 Å². The van der Waals surface area contributed by atoms with Crippen molar-refractivity contribution in [1.82, 2.24) is 0 Å². The van der Waals surface area contributed by atoms with E-state index in [9.17, 15) is 4.79 Å². The van der Waals surface area contributed by atoms with Crippen molar-refractivity contribution in [3.8, 4) is 0 Å². The highest BCUT2D eigenvalue weighted by Gasteiger charge is 2.16. The third-order valence-electron chi connectivity index (χ3n) is 2.72. The van der Waals surface area contributed by atoms with E-state index >= 15 is 0 Å². The highest BCUT2D eigenvalue weighted by atomic mass is 35.5. The van der Waals surface area contributed by atoms with E-state index in [4.69, 9.17) is 28.7 Å². The van der Waals surface area contributed by atoms with Gasteiger partial charge in [0.1, 0.15) is 0 Å². The van der Waals surface area contributed by atoms with Crippen molar-refractivity contribution in [2.24, 2.45) is 5.11 Å². The molecule has 2 aromatic rings. The molecule has 0 saturated heterocycles. The molecule has 0 aliphatic heterocycles. The van der Waals surface area contributed by atoms with Gasteiger partial charge in [0.25, 0.3) is 0 Å². The van der Waals surface area contributed by atoms with Crippen LogP contribution >= 0.6 is 23.2 Å². The number of hydrogen-bond acceptors (Lipinski definition) is 2. The van der Waals surface area contributed by atoms with E-state index in [0.717, 1.165) is 5.56 Å². The molecule has 2 aromatic carbocycles. The molecular formula is C14H9Cl2N3O. The second kappa shape index (κ2) is 6.44. The van der Waals surface area contributed by atoms with Crippen LogP contribution in [0.15, 0.2) is 47.6 Å². The number of halogens is 2. The van der Waals surface area contributed by atoms with E-state index in [1.165, 1.54) is 0 Å². The van der Waals surface area contributed by atoms with E-state index in [-0.39, 0.29) is 12.3 Å². The molecule has 0 unspecified atom stereocenters. The lowest BCUT2D eigenvalue weighted by atomic mass is 10.0. The van der Waals surface area contributed by atoms with Crippen molar-refractivity contribution in [3.63, 3.8) is 0 Å². The molecule has 0 atom stereocenters. The highest BCUT2D eigenvalue weighted by Crippen LogP contribution is 2.27. The van der Waals surface area contributed by atoms with Crippen LogP contribution < -0.4 is 0 Å². The number of azide groups is 1. The molecule has 0 aromatic heterocycles. The Kier molecular flexibility index (Phi) is 4.64. The first-order valence-electron chi connectivity index (χ1n) is 5.72. The summed E-state index contributed by atoms with van der Waals surface area (Å²) in [5.74, 6) is -0.240. The van der Waals surface area contributed by atoms with Crippen molar-refractivity contribution in [3.05, 3.63) is 79.6 Å². The van der Waals surface area contributed by atoms with Crippen LogP contribution in [0.4, 0.5) is 0 Å². The maximum atomic E-state index is 12.4. The van der Waals surface area contributed by atoms with Gasteiger partial charge in [-0.1, -0.05) is 58.6 Å². The molecular weight excluding hydrogens is 297 g/mol. The van der Waals surface area contributed by atoms with Gasteiger partial charge in [-0.05, 0) is 23.2 Å². The van der Waals surface area contributed by atoms with E-state index in [1.54, 1.807) is 42.5 Å². The lowest BCUT2D eigenvalue weighted by molar-refractivity contribution is 0.103. The molecule has 0 N–H and O–H groups in total. The van der Waals surface area contributed by atoms with Crippen LogP contribution in [0.2, 0.25) is 10.0 Å². The predicted octanol–water partition coefficient (Wildman–Crippen LogP) is 5.03. The number of carbonyl (C=O) groups excluding carboxylic acids is 1. The lowest BCUT2D eigenvalue weighted by Gasteiger charge is -2.06. The van der Waals surface area contributed by atoms with Gasteiger partial charge in [-0.25, -0.2) is 0 Å². The minimum Gasteiger partial charge on any atom is -0.288 e. The van der Waals surface area contributed by atoms with Gasteiger partial charge >= 0.3 is 0 Å². The first kappa shape index (κ1) is 14.4. The SMILES string of the molecule is [N-]=[N+]=NCc1ccc(C(=O)c2c(Cl)cccc2Cl)cc1. The van der Waals surface area contributed by atoms with Crippen molar-refractivity contribution in [2.45, 2.75) is 6.54 Å². The van der Waals surface area contributed by atoms with E-state index in [2.05, 4.69) is 10.0 Å². The zero-order chi connectivity index (χ0) is 14.5. The summed E-state index contributed by atoms with van der Waals surface area (Å²) in [6.45, 7) is 0.248. The van der Waals surface area contributed by atoms with Crippen LogP contribution in [0.1, 0.15) is 21.5 Å². The van der Waals surface area contributed by atoms with Crippen LogP contribution in [-0.4, -0.2) is 5.78 Å². The zero-order valence-corrected chi connectivity index (χ0v) is 11.8. The topological polar surface area (TPSA) is 65.8 Å². The number of hydrogen-bond donors (Lipinski definition) is 0. The molecule has 100 valence electrons. The Balaban J connectivity index is 2.32. The molecule has 20 heavy (non-hydrogen) atoms. The van der Waals surface area contributed by atoms with E-state index in [1.807, 2.05) is 0 Å². The normalized spacial score (nSPS) is 9.90. The fourth-order valence-corrected chi connectivity index (χ4v) is 2.30. The van der Waals surface area contributed by atoms with Gasteiger partial charge in [-0.15, -0.1) is 0 Å². The molecule has 0 aliphatic carbocycles. The smallest absolute Gasteiger partial charge is 0.196 e. The largest absolute Gasteiger partial charge is 0.288 e. The third kappa shape index (κ3) is 3.11. The van der Waals surface area contributed by atoms with Gasteiger partial charge in [0.05, 0.1) is 22.2 Å². The minimum atomic E-state index is -0.240. The predicted molar refractivity (Wildman–Crippen MR) is 79.2 cm³/mol. The molecule has 0 saturated carbocycles.